The lowest BCUT2D eigenvalue weighted by Crippen LogP contribution is -2.04. The molecule has 0 aliphatic carbocycles. The van der Waals surface area contributed by atoms with Gasteiger partial charge >= 0.3 is 6.01 Å². The number of rotatable bonds is 6. The lowest BCUT2D eigenvalue weighted by atomic mass is 10.1. The molecule has 0 amide bonds. The Morgan fingerprint density at radius 3 is 2.31 bits per heavy atom. The fraction of sp³-hybridized carbons (Fsp3) is 0.0909. The minimum Gasteiger partial charge on any atom is -0.463 e. The van der Waals surface area contributed by atoms with Gasteiger partial charge in [0.15, 0.2) is 0 Å². The van der Waals surface area contributed by atoms with Gasteiger partial charge in [0.05, 0.1) is 12.1 Å². The van der Waals surface area contributed by atoms with Crippen molar-refractivity contribution >= 4 is 10.9 Å². The van der Waals surface area contributed by atoms with Crippen molar-refractivity contribution in [1.29, 1.82) is 0 Å². The lowest BCUT2D eigenvalue weighted by molar-refractivity contribution is 0.297. The summed E-state index contributed by atoms with van der Waals surface area (Å²) in [5.41, 5.74) is 2.06. The van der Waals surface area contributed by atoms with Gasteiger partial charge in [0.25, 0.3) is 0 Å². The Bertz CT molecular complexity index is 986. The van der Waals surface area contributed by atoms with Gasteiger partial charge in [-0.25, -0.2) is 4.98 Å². The zero-order valence-electron chi connectivity index (χ0n) is 14.2. The first kappa shape index (κ1) is 16.1. The van der Waals surface area contributed by atoms with Crippen molar-refractivity contribution < 1.29 is 9.47 Å². The largest absolute Gasteiger partial charge is 0.463 e. The van der Waals surface area contributed by atoms with Crippen LogP contribution in [0.5, 0.6) is 17.5 Å². The summed E-state index contributed by atoms with van der Waals surface area (Å²) >= 11 is 0. The van der Waals surface area contributed by atoms with Crippen LogP contribution in [0.3, 0.4) is 0 Å². The van der Waals surface area contributed by atoms with E-state index in [0.29, 0.717) is 12.6 Å². The summed E-state index contributed by atoms with van der Waals surface area (Å²) in [6, 6.07) is 26.0. The van der Waals surface area contributed by atoms with Crippen molar-refractivity contribution in [3.8, 4) is 17.5 Å². The van der Waals surface area contributed by atoms with Crippen molar-refractivity contribution in [3.63, 3.8) is 0 Å². The molecule has 26 heavy (non-hydrogen) atoms. The molecule has 0 unspecified atom stereocenters. The standard InChI is InChI=1S/C22H18N2O2/c1-2-7-19(8-3-1)26-20-12-10-17(11-13-20)14-15-25-22-23-16-18-6-4-5-9-21(18)24-22/h1-13,16H,14-15H2. The van der Waals surface area contributed by atoms with E-state index in [2.05, 4.69) is 9.97 Å². The summed E-state index contributed by atoms with van der Waals surface area (Å²) in [4.78, 5) is 8.66. The number of benzene rings is 3. The first-order valence-electron chi connectivity index (χ1n) is 8.53. The number of hydrogen-bond acceptors (Lipinski definition) is 4. The predicted molar refractivity (Wildman–Crippen MR) is 102 cm³/mol. The van der Waals surface area contributed by atoms with Crippen LogP contribution in [0.1, 0.15) is 5.56 Å². The molecule has 4 aromatic rings. The zero-order chi connectivity index (χ0) is 17.6. The minimum absolute atomic E-state index is 0.410. The fourth-order valence-corrected chi connectivity index (χ4v) is 2.63. The Kier molecular flexibility index (Phi) is 4.74. The van der Waals surface area contributed by atoms with Crippen LogP contribution in [0.15, 0.2) is 85.1 Å². The van der Waals surface area contributed by atoms with Crippen LogP contribution in [-0.2, 0) is 6.42 Å². The summed E-state index contributed by atoms with van der Waals surface area (Å²) in [5.74, 6) is 1.65. The van der Waals surface area contributed by atoms with E-state index in [1.165, 1.54) is 5.56 Å². The molecule has 0 aliphatic heterocycles. The predicted octanol–water partition coefficient (Wildman–Crippen LogP) is 5.04. The fourth-order valence-electron chi connectivity index (χ4n) is 2.63. The molecule has 128 valence electrons. The molecule has 3 aromatic carbocycles. The molecule has 4 nitrogen and oxygen atoms in total. The van der Waals surface area contributed by atoms with Crippen LogP contribution in [0, 0.1) is 0 Å². The maximum absolute atomic E-state index is 5.80. The van der Waals surface area contributed by atoms with Gasteiger partial charge in [0.2, 0.25) is 0 Å². The van der Waals surface area contributed by atoms with E-state index in [0.717, 1.165) is 28.8 Å². The van der Waals surface area contributed by atoms with Gasteiger partial charge in [-0.2, -0.15) is 4.98 Å². The molecular formula is C22H18N2O2. The van der Waals surface area contributed by atoms with Crippen LogP contribution >= 0.6 is 0 Å². The minimum atomic E-state index is 0.410. The highest BCUT2D eigenvalue weighted by molar-refractivity contribution is 5.77. The maximum Gasteiger partial charge on any atom is 0.316 e. The number of hydrogen-bond donors (Lipinski definition) is 0. The molecule has 1 heterocycles. The van der Waals surface area contributed by atoms with Crippen LogP contribution in [0.25, 0.3) is 10.9 Å². The Labute approximate surface area is 152 Å². The highest BCUT2D eigenvalue weighted by Crippen LogP contribution is 2.21. The molecule has 0 spiro atoms. The molecule has 4 rings (SSSR count). The number of ether oxygens (including phenoxy) is 2. The highest BCUT2D eigenvalue weighted by atomic mass is 16.5. The summed E-state index contributed by atoms with van der Waals surface area (Å²) in [6.45, 7) is 0.525. The van der Waals surface area contributed by atoms with Gasteiger partial charge in [-0.1, -0.05) is 48.5 Å². The van der Waals surface area contributed by atoms with Crippen molar-refractivity contribution in [1.82, 2.24) is 9.97 Å². The quantitative estimate of drug-likeness (QED) is 0.492. The second-order valence-electron chi connectivity index (χ2n) is 5.87. The molecule has 0 saturated carbocycles. The molecule has 0 aliphatic rings. The van der Waals surface area contributed by atoms with E-state index in [1.54, 1.807) is 6.20 Å². The maximum atomic E-state index is 5.80. The topological polar surface area (TPSA) is 44.2 Å². The van der Waals surface area contributed by atoms with Crippen LogP contribution in [0.2, 0.25) is 0 Å². The molecule has 0 bridgehead atoms. The summed E-state index contributed by atoms with van der Waals surface area (Å²) < 4.78 is 11.5. The number of para-hydroxylation sites is 2. The van der Waals surface area contributed by atoms with E-state index in [9.17, 15) is 0 Å². The van der Waals surface area contributed by atoms with Crippen molar-refractivity contribution in [2.24, 2.45) is 0 Å². The second kappa shape index (κ2) is 7.66. The normalized spacial score (nSPS) is 10.6. The van der Waals surface area contributed by atoms with Crippen molar-refractivity contribution in [3.05, 3.63) is 90.6 Å². The first-order valence-corrected chi connectivity index (χ1v) is 8.53. The second-order valence-corrected chi connectivity index (χ2v) is 5.87. The van der Waals surface area contributed by atoms with Gasteiger partial charge in [-0.15, -0.1) is 0 Å². The van der Waals surface area contributed by atoms with E-state index in [4.69, 9.17) is 9.47 Å². The van der Waals surface area contributed by atoms with Gasteiger partial charge in [-0.3, -0.25) is 0 Å². The van der Waals surface area contributed by atoms with Crippen LogP contribution in [-0.4, -0.2) is 16.6 Å². The van der Waals surface area contributed by atoms with Gasteiger partial charge in [-0.05, 0) is 35.9 Å². The highest BCUT2D eigenvalue weighted by Gasteiger charge is 2.02. The SMILES string of the molecule is c1ccc(Oc2ccc(CCOc3ncc4ccccc4n3)cc2)cc1. The monoisotopic (exact) mass is 342 g/mol. The molecule has 4 heteroatoms. The average molecular weight is 342 g/mol. The first-order chi connectivity index (χ1) is 12.9. The molecule has 0 atom stereocenters. The number of nitrogens with zero attached hydrogens (tertiary/aromatic N) is 2. The third-order valence-electron chi connectivity index (χ3n) is 3.99. The average Bonchev–Trinajstić information content (AvgIpc) is 2.70. The molecular weight excluding hydrogens is 324 g/mol. The molecule has 0 saturated heterocycles. The Hall–Kier alpha value is -3.40. The Balaban J connectivity index is 1.32. The van der Waals surface area contributed by atoms with Crippen molar-refractivity contribution in [2.45, 2.75) is 6.42 Å². The molecule has 1 aromatic heterocycles. The van der Waals surface area contributed by atoms with E-state index in [-0.39, 0.29) is 0 Å². The summed E-state index contributed by atoms with van der Waals surface area (Å²) in [6.07, 6.45) is 2.56. The van der Waals surface area contributed by atoms with Crippen LogP contribution < -0.4 is 9.47 Å². The number of aromatic nitrogens is 2. The Morgan fingerprint density at radius 1 is 0.731 bits per heavy atom. The Morgan fingerprint density at radius 2 is 1.46 bits per heavy atom. The van der Waals surface area contributed by atoms with E-state index >= 15 is 0 Å². The lowest BCUT2D eigenvalue weighted by Gasteiger charge is -2.07. The zero-order valence-corrected chi connectivity index (χ0v) is 14.2. The van der Waals surface area contributed by atoms with Gasteiger partial charge in [0.1, 0.15) is 11.5 Å². The summed E-state index contributed by atoms with van der Waals surface area (Å²) in [7, 11) is 0. The van der Waals surface area contributed by atoms with Gasteiger partial charge < -0.3 is 9.47 Å². The third kappa shape index (κ3) is 3.98. The summed E-state index contributed by atoms with van der Waals surface area (Å²) in [5, 5.41) is 1.01. The van der Waals surface area contributed by atoms with E-state index in [1.807, 2.05) is 78.9 Å². The number of fused-ring (bicyclic) bond motifs is 1. The molecule has 0 fully saturated rings. The van der Waals surface area contributed by atoms with Gasteiger partial charge in [0, 0.05) is 18.0 Å². The molecule has 0 radical (unpaired) electrons. The molecule has 0 N–H and O–H groups in total. The third-order valence-corrected chi connectivity index (χ3v) is 3.99. The van der Waals surface area contributed by atoms with Crippen LogP contribution in [0.4, 0.5) is 0 Å². The van der Waals surface area contributed by atoms with Crippen molar-refractivity contribution in [2.75, 3.05) is 6.61 Å². The van der Waals surface area contributed by atoms with E-state index < -0.39 is 0 Å². The smallest absolute Gasteiger partial charge is 0.316 e.